The maximum Gasteiger partial charge on any atom is 0.338 e. The van der Waals surface area contributed by atoms with Crippen LogP contribution >= 0.6 is 15.9 Å². The van der Waals surface area contributed by atoms with Gasteiger partial charge in [0.1, 0.15) is 0 Å². The fraction of sp³-hybridized carbons (Fsp3) is 0.286. The van der Waals surface area contributed by atoms with Crippen molar-refractivity contribution in [2.45, 2.75) is 21.3 Å². The second-order valence-corrected chi connectivity index (χ2v) is 6.19. The number of halogens is 2. The van der Waals surface area contributed by atoms with Gasteiger partial charge in [0.2, 0.25) is 0 Å². The van der Waals surface area contributed by atoms with Crippen molar-refractivity contribution in [3.63, 3.8) is 0 Å². The number of aryl methyl sites for hydroxylation is 2. The lowest BCUT2D eigenvalue weighted by Gasteiger charge is -2.03. The molecule has 0 unspecified atom stereocenters. The molecule has 6 nitrogen and oxygen atoms in total. The summed E-state index contributed by atoms with van der Waals surface area (Å²) in [5.74, 6) is -1.76. The van der Waals surface area contributed by atoms with Gasteiger partial charge in [-0.3, -0.25) is 4.39 Å². The molecule has 2 rings (SSSR count). The van der Waals surface area contributed by atoms with Gasteiger partial charge in [0.25, 0.3) is 0 Å². The smallest absolute Gasteiger partial charge is 0.338 e. The van der Waals surface area contributed by atoms with E-state index < -0.39 is 19.1 Å². The molecule has 29 heavy (non-hydrogen) atoms. The molecule has 0 aliphatic rings. The standard InChI is InChI=1S/C10H10O4.C9H9BrO2.CH3F.CH4/c1-6-5-7(9(11)12)3-4-8(6)10(13)14-2;1-6-5-7(10)3-4-8(6)9(11)12-2;1-2;/h3-5H,1-2H3,(H,11,12);3-5H,1-2H3;1H3;1H4/i;;1D;. The number of rotatable bonds is 3. The van der Waals surface area contributed by atoms with E-state index in [0.717, 1.165) is 10.0 Å². The predicted octanol–water partition coefficient (Wildman–Crippen LogP) is 5.25. The second-order valence-electron chi connectivity index (χ2n) is 5.28. The molecule has 0 aromatic heterocycles. The number of aromatic carboxylic acids is 1. The number of esters is 2. The van der Waals surface area contributed by atoms with E-state index in [0.29, 0.717) is 16.7 Å². The molecule has 1 N–H and O–H groups in total. The molecule has 2 aromatic carbocycles. The van der Waals surface area contributed by atoms with E-state index in [4.69, 9.17) is 6.48 Å². The van der Waals surface area contributed by atoms with Crippen LogP contribution in [0, 0.1) is 13.8 Å². The van der Waals surface area contributed by atoms with Gasteiger partial charge in [-0.1, -0.05) is 23.4 Å². The Balaban J connectivity index is 0. The number of ether oxygens (including phenoxy) is 2. The van der Waals surface area contributed by atoms with Crippen molar-refractivity contribution >= 4 is 33.8 Å². The molecule has 0 radical (unpaired) electrons. The molecule has 0 bridgehead atoms. The molecule has 0 fully saturated rings. The Hall–Kier alpha value is -2.74. The number of hydrogen-bond acceptors (Lipinski definition) is 5. The average molecular weight is 474 g/mol. The minimum atomic E-state index is -1.01. The topological polar surface area (TPSA) is 89.9 Å². The van der Waals surface area contributed by atoms with E-state index in [1.165, 1.54) is 32.4 Å². The summed E-state index contributed by atoms with van der Waals surface area (Å²) in [6, 6.07) is 9.71. The average Bonchev–Trinajstić information content (AvgIpc) is 2.67. The Morgan fingerprint density at radius 3 is 1.72 bits per heavy atom. The highest BCUT2D eigenvalue weighted by Crippen LogP contribution is 2.16. The zero-order valence-electron chi connectivity index (χ0n) is 16.9. The van der Waals surface area contributed by atoms with Crippen molar-refractivity contribution < 1.29 is 34.7 Å². The summed E-state index contributed by atoms with van der Waals surface area (Å²) in [6.07, 6.45) is 0. The highest BCUT2D eigenvalue weighted by molar-refractivity contribution is 9.10. The first-order valence-corrected chi connectivity index (χ1v) is 8.54. The summed E-state index contributed by atoms with van der Waals surface area (Å²) in [5, 5.41) is 8.68. The van der Waals surface area contributed by atoms with E-state index in [9.17, 15) is 18.8 Å². The van der Waals surface area contributed by atoms with Gasteiger partial charge in [-0.15, -0.1) is 0 Å². The monoisotopic (exact) mass is 473 g/mol. The molecule has 160 valence electrons. The largest absolute Gasteiger partial charge is 0.478 e. The Kier molecular flexibility index (Phi) is 12.9. The zero-order chi connectivity index (χ0) is 22.6. The van der Waals surface area contributed by atoms with E-state index in [2.05, 4.69) is 25.4 Å². The van der Waals surface area contributed by atoms with Crippen LogP contribution in [0.3, 0.4) is 0 Å². The minimum absolute atomic E-state index is 0. The van der Waals surface area contributed by atoms with Crippen LogP contribution in [0.5, 0.6) is 0 Å². The van der Waals surface area contributed by atoms with Gasteiger partial charge in [-0.25, -0.2) is 14.4 Å². The molecule has 0 heterocycles. The number of carbonyl (C=O) groups excluding carboxylic acids is 2. The Labute approximate surface area is 180 Å². The van der Waals surface area contributed by atoms with Crippen LogP contribution in [-0.4, -0.2) is 44.4 Å². The molecule has 0 aliphatic carbocycles. The molecule has 8 heteroatoms. The lowest BCUT2D eigenvalue weighted by molar-refractivity contribution is 0.0590. The molecule has 0 aliphatic heterocycles. The van der Waals surface area contributed by atoms with Crippen LogP contribution in [0.15, 0.2) is 40.9 Å². The highest BCUT2D eigenvalue weighted by atomic mass is 79.9. The van der Waals surface area contributed by atoms with Crippen LogP contribution in [0.4, 0.5) is 4.39 Å². The van der Waals surface area contributed by atoms with Gasteiger partial charge in [0.15, 0.2) is 0 Å². The van der Waals surface area contributed by atoms with Gasteiger partial charge in [-0.2, -0.15) is 0 Å². The number of hydrogen-bond donors (Lipinski definition) is 1. The van der Waals surface area contributed by atoms with Crippen LogP contribution in [-0.2, 0) is 9.47 Å². The molecule has 0 saturated heterocycles. The molecule has 2 aromatic rings. The van der Waals surface area contributed by atoms with Crippen LogP contribution < -0.4 is 0 Å². The Morgan fingerprint density at radius 1 is 0.966 bits per heavy atom. The number of alkyl halides is 1. The molecule has 0 atom stereocenters. The number of benzene rings is 2. The molecule has 0 saturated carbocycles. The van der Waals surface area contributed by atoms with Crippen molar-refractivity contribution in [1.29, 1.82) is 0 Å². The number of carboxylic acid groups (broad SMARTS) is 1. The van der Waals surface area contributed by atoms with E-state index >= 15 is 0 Å². The summed E-state index contributed by atoms with van der Waals surface area (Å²) >= 11 is 3.32. The van der Waals surface area contributed by atoms with Gasteiger partial charge in [0, 0.05) is 4.47 Å². The lowest BCUT2D eigenvalue weighted by atomic mass is 10.1. The third-order valence-electron chi connectivity index (χ3n) is 3.47. The van der Waals surface area contributed by atoms with Gasteiger partial charge < -0.3 is 14.6 Å². The van der Waals surface area contributed by atoms with Crippen LogP contribution in [0.25, 0.3) is 0 Å². The van der Waals surface area contributed by atoms with E-state index in [1.54, 1.807) is 13.0 Å². The SMILES string of the molecule is C.COC(=O)c1ccc(Br)cc1C.COC(=O)c1ccc(C(=O)O)cc1C.[2H]CF. The maximum atomic E-state index is 11.1. The minimum Gasteiger partial charge on any atom is -0.478 e. The van der Waals surface area contributed by atoms with Crippen molar-refractivity contribution in [3.05, 3.63) is 68.7 Å². The fourth-order valence-electron chi connectivity index (χ4n) is 2.10. The fourth-order valence-corrected chi connectivity index (χ4v) is 2.58. The van der Waals surface area contributed by atoms with Crippen LogP contribution in [0.2, 0.25) is 0 Å². The summed E-state index contributed by atoms with van der Waals surface area (Å²) in [5.41, 5.74) is 2.67. The van der Waals surface area contributed by atoms with Crippen LogP contribution in [0.1, 0.15) is 51.0 Å². The van der Waals surface area contributed by atoms with Crippen molar-refractivity contribution in [3.8, 4) is 0 Å². The lowest BCUT2D eigenvalue weighted by Crippen LogP contribution is -2.05. The Morgan fingerprint density at radius 2 is 1.38 bits per heavy atom. The first-order chi connectivity index (χ1) is 13.6. The zero-order valence-corrected chi connectivity index (χ0v) is 17.5. The summed E-state index contributed by atoms with van der Waals surface area (Å²) in [7, 11) is 1.66. The van der Waals surface area contributed by atoms with Gasteiger partial charge in [-0.05, 0) is 61.4 Å². The van der Waals surface area contributed by atoms with Gasteiger partial charge >= 0.3 is 17.9 Å². The summed E-state index contributed by atoms with van der Waals surface area (Å²) < 4.78 is 25.6. The number of carboxylic acids is 1. The third kappa shape index (κ3) is 8.87. The van der Waals surface area contributed by atoms with Crippen molar-refractivity contribution in [2.24, 2.45) is 0 Å². The molecule has 0 amide bonds. The van der Waals surface area contributed by atoms with E-state index in [1.807, 2.05) is 19.1 Å². The maximum absolute atomic E-state index is 11.1. The highest BCUT2D eigenvalue weighted by Gasteiger charge is 2.11. The summed E-state index contributed by atoms with van der Waals surface area (Å²) in [6.45, 7) is 3.54. The number of carbonyl (C=O) groups is 3. The van der Waals surface area contributed by atoms with Crippen molar-refractivity contribution in [1.82, 2.24) is 0 Å². The predicted molar refractivity (Wildman–Crippen MR) is 113 cm³/mol. The molecule has 0 spiro atoms. The first kappa shape index (κ1) is 26.3. The second kappa shape index (κ2) is 14.3. The third-order valence-corrected chi connectivity index (χ3v) is 3.97. The van der Waals surface area contributed by atoms with Gasteiger partial charge in [0.05, 0.1) is 39.4 Å². The summed E-state index contributed by atoms with van der Waals surface area (Å²) in [4.78, 5) is 32.8. The molecular formula is C21H26BrFO6. The molecular weight excluding hydrogens is 447 g/mol. The Bertz CT molecular complexity index is 857. The normalized spacial score (nSPS) is 9.24. The first-order valence-electron chi connectivity index (χ1n) is 8.45. The quantitative estimate of drug-likeness (QED) is 0.612. The van der Waals surface area contributed by atoms with E-state index in [-0.39, 0.29) is 19.0 Å². The number of methoxy groups -OCH3 is 2. The van der Waals surface area contributed by atoms with Crippen molar-refractivity contribution in [2.75, 3.05) is 21.4 Å².